The van der Waals surface area contributed by atoms with Crippen LogP contribution in [-0.2, 0) is 0 Å². The number of aromatic nitrogens is 2. The van der Waals surface area contributed by atoms with Gasteiger partial charge in [-0.05, 0) is 51.1 Å². The van der Waals surface area contributed by atoms with Crippen LogP contribution in [0.4, 0.5) is 8.78 Å². The minimum Gasteiger partial charge on any atom is -0.434 e. The fourth-order valence-electron chi connectivity index (χ4n) is 4.81. The van der Waals surface area contributed by atoms with Crippen LogP contribution >= 0.6 is 0 Å². The third kappa shape index (κ3) is 3.80. The molecule has 2 aliphatic heterocycles. The molecule has 1 amide bonds. The van der Waals surface area contributed by atoms with Crippen molar-refractivity contribution in [3.63, 3.8) is 0 Å². The number of carbonyl (C=O) groups is 1. The van der Waals surface area contributed by atoms with Gasteiger partial charge in [0, 0.05) is 35.7 Å². The predicted molar refractivity (Wildman–Crippen MR) is 125 cm³/mol. The number of nitrogens with zero attached hydrogens (tertiary/aromatic N) is 3. The zero-order valence-electron chi connectivity index (χ0n) is 19.5. The largest absolute Gasteiger partial charge is 0.434 e. The zero-order valence-corrected chi connectivity index (χ0v) is 19.5. The van der Waals surface area contributed by atoms with E-state index in [1.165, 1.54) is 6.07 Å². The number of rotatable bonds is 3. The summed E-state index contributed by atoms with van der Waals surface area (Å²) in [5, 5.41) is 3.34. The van der Waals surface area contributed by atoms with Gasteiger partial charge >= 0.3 is 6.61 Å². The molecule has 2 aromatic carbocycles. The number of ether oxygens (including phenoxy) is 1. The van der Waals surface area contributed by atoms with Crippen LogP contribution < -0.4 is 10.1 Å². The monoisotopic (exact) mass is 464 g/mol. The molecule has 0 radical (unpaired) electrons. The van der Waals surface area contributed by atoms with E-state index in [-0.39, 0.29) is 29.3 Å². The molecule has 1 N–H and O–H groups in total. The van der Waals surface area contributed by atoms with Gasteiger partial charge in [0.1, 0.15) is 11.6 Å². The number of carbonyl (C=O) groups excluding carboxylic acids is 1. The molecular formula is C26H26F2N4O2. The smallest absolute Gasteiger partial charge is 0.387 e. The number of imidazole rings is 1. The molecule has 2 bridgehead atoms. The summed E-state index contributed by atoms with van der Waals surface area (Å²) in [5.41, 5.74) is 3.32. The SMILES string of the molecule is CN1C(=O)c2cccc(OC(F)F)c2[C@H]2CC1c1nc3ccc(C#CCNC(C)(C)C)cc3n12. The van der Waals surface area contributed by atoms with Crippen LogP contribution in [0, 0.1) is 11.8 Å². The van der Waals surface area contributed by atoms with Gasteiger partial charge < -0.3 is 19.5 Å². The molecule has 34 heavy (non-hydrogen) atoms. The molecule has 3 heterocycles. The van der Waals surface area contributed by atoms with Crippen LogP contribution in [0.1, 0.15) is 66.6 Å². The van der Waals surface area contributed by atoms with Crippen LogP contribution in [0.5, 0.6) is 5.75 Å². The highest BCUT2D eigenvalue weighted by Crippen LogP contribution is 2.49. The minimum absolute atomic E-state index is 0.0181. The van der Waals surface area contributed by atoms with Gasteiger partial charge in [-0.1, -0.05) is 17.9 Å². The molecule has 1 aromatic heterocycles. The van der Waals surface area contributed by atoms with Gasteiger partial charge in [0.2, 0.25) is 0 Å². The summed E-state index contributed by atoms with van der Waals surface area (Å²) in [6.07, 6.45) is 0.544. The van der Waals surface area contributed by atoms with Gasteiger partial charge in [0.15, 0.2) is 0 Å². The fraction of sp³-hybridized carbons (Fsp3) is 0.385. The van der Waals surface area contributed by atoms with Crippen molar-refractivity contribution in [1.82, 2.24) is 19.8 Å². The summed E-state index contributed by atoms with van der Waals surface area (Å²) in [6, 6.07) is 9.95. The molecule has 3 aromatic rings. The number of nitrogens with one attached hydrogen (secondary N) is 1. The standard InChI is InChI=1S/C26H26F2N4O2/c1-26(2,3)29-12-6-7-15-10-11-17-18(13-15)32-19-14-20(23(32)30-17)31(4)24(33)16-8-5-9-21(22(16)19)34-25(27)28/h5,8-11,13,19-20,25,29H,12,14H2,1-4H3/t19-,20?/m1/s1. The lowest BCUT2D eigenvalue weighted by molar-refractivity contribution is -0.0507. The third-order valence-corrected chi connectivity index (χ3v) is 6.35. The molecule has 1 unspecified atom stereocenters. The average molecular weight is 465 g/mol. The Bertz CT molecular complexity index is 1350. The first-order valence-corrected chi connectivity index (χ1v) is 11.2. The molecule has 0 fully saturated rings. The summed E-state index contributed by atoms with van der Waals surface area (Å²) in [6.45, 7) is 3.83. The van der Waals surface area contributed by atoms with Crippen molar-refractivity contribution < 1.29 is 18.3 Å². The van der Waals surface area contributed by atoms with E-state index >= 15 is 0 Å². The van der Waals surface area contributed by atoms with Gasteiger partial charge in [0.05, 0.1) is 29.7 Å². The van der Waals surface area contributed by atoms with E-state index in [0.717, 1.165) is 22.4 Å². The molecule has 0 spiro atoms. The Kier molecular flexibility index (Phi) is 5.33. The maximum atomic E-state index is 13.2. The normalized spacial score (nSPS) is 19.0. The fourth-order valence-corrected chi connectivity index (χ4v) is 4.81. The molecule has 5 rings (SSSR count). The van der Waals surface area contributed by atoms with Crippen LogP contribution in [0.15, 0.2) is 36.4 Å². The van der Waals surface area contributed by atoms with E-state index in [1.807, 2.05) is 18.2 Å². The maximum Gasteiger partial charge on any atom is 0.387 e. The van der Waals surface area contributed by atoms with Crippen LogP contribution in [0.2, 0.25) is 0 Å². The minimum atomic E-state index is -2.98. The number of halogens is 2. The first-order chi connectivity index (χ1) is 16.1. The van der Waals surface area contributed by atoms with E-state index in [2.05, 4.69) is 42.5 Å². The second-order valence-electron chi connectivity index (χ2n) is 9.73. The lowest BCUT2D eigenvalue weighted by atomic mass is 9.97. The Morgan fingerprint density at radius 1 is 1.24 bits per heavy atom. The van der Waals surface area contributed by atoms with Crippen molar-refractivity contribution in [1.29, 1.82) is 0 Å². The maximum absolute atomic E-state index is 13.2. The van der Waals surface area contributed by atoms with E-state index < -0.39 is 6.61 Å². The van der Waals surface area contributed by atoms with Crippen molar-refractivity contribution in [2.75, 3.05) is 13.6 Å². The number of hydrogen-bond donors (Lipinski definition) is 1. The molecule has 0 saturated heterocycles. The van der Waals surface area contributed by atoms with E-state index in [4.69, 9.17) is 9.72 Å². The summed E-state index contributed by atoms with van der Waals surface area (Å²) in [7, 11) is 1.73. The number of alkyl halides is 2. The Morgan fingerprint density at radius 3 is 2.76 bits per heavy atom. The lowest BCUT2D eigenvalue weighted by Crippen LogP contribution is -2.35. The first-order valence-electron chi connectivity index (χ1n) is 11.2. The molecule has 0 aliphatic carbocycles. The molecule has 0 saturated carbocycles. The van der Waals surface area contributed by atoms with Crippen molar-refractivity contribution in [2.45, 2.75) is 51.4 Å². The van der Waals surface area contributed by atoms with Gasteiger partial charge in [-0.3, -0.25) is 4.79 Å². The van der Waals surface area contributed by atoms with Crippen molar-refractivity contribution in [2.24, 2.45) is 0 Å². The highest BCUT2D eigenvalue weighted by molar-refractivity contribution is 5.97. The Balaban J connectivity index is 1.62. The molecular weight excluding hydrogens is 438 g/mol. The van der Waals surface area contributed by atoms with Gasteiger partial charge in [-0.15, -0.1) is 0 Å². The number of hydrogen-bond acceptors (Lipinski definition) is 4. The summed E-state index contributed by atoms with van der Waals surface area (Å²) in [5.74, 6) is 6.89. The second kappa shape index (κ2) is 8.10. The highest BCUT2D eigenvalue weighted by atomic mass is 19.3. The van der Waals surface area contributed by atoms with Crippen molar-refractivity contribution >= 4 is 16.9 Å². The number of amides is 1. The van der Waals surface area contributed by atoms with E-state index in [0.29, 0.717) is 24.1 Å². The highest BCUT2D eigenvalue weighted by Gasteiger charge is 2.45. The van der Waals surface area contributed by atoms with E-state index in [1.54, 1.807) is 24.1 Å². The Morgan fingerprint density at radius 2 is 2.03 bits per heavy atom. The Labute approximate surface area is 196 Å². The summed E-state index contributed by atoms with van der Waals surface area (Å²) >= 11 is 0. The number of fused-ring (bicyclic) bond motifs is 9. The van der Waals surface area contributed by atoms with Crippen LogP contribution in [0.25, 0.3) is 11.0 Å². The third-order valence-electron chi connectivity index (χ3n) is 6.35. The molecule has 2 aliphatic rings. The van der Waals surface area contributed by atoms with Crippen molar-refractivity contribution in [3.8, 4) is 17.6 Å². The molecule has 176 valence electrons. The molecule has 6 nitrogen and oxygen atoms in total. The van der Waals surface area contributed by atoms with Crippen molar-refractivity contribution in [3.05, 3.63) is 58.9 Å². The molecule has 8 heteroatoms. The van der Waals surface area contributed by atoms with Gasteiger partial charge in [-0.2, -0.15) is 8.78 Å². The van der Waals surface area contributed by atoms with E-state index in [9.17, 15) is 13.6 Å². The topological polar surface area (TPSA) is 59.4 Å². The summed E-state index contributed by atoms with van der Waals surface area (Å²) in [4.78, 5) is 19.6. The predicted octanol–water partition coefficient (Wildman–Crippen LogP) is 4.50. The van der Waals surface area contributed by atoms with Crippen LogP contribution in [0.3, 0.4) is 0 Å². The lowest BCUT2D eigenvalue weighted by Gasteiger charge is -2.24. The van der Waals surface area contributed by atoms with Gasteiger partial charge in [-0.25, -0.2) is 4.98 Å². The Hall–Kier alpha value is -3.44. The summed E-state index contributed by atoms with van der Waals surface area (Å²) < 4.78 is 33.3. The number of benzene rings is 2. The second-order valence-corrected chi connectivity index (χ2v) is 9.73. The van der Waals surface area contributed by atoms with Gasteiger partial charge in [0.25, 0.3) is 5.91 Å². The average Bonchev–Trinajstić information content (AvgIpc) is 3.28. The van der Waals surface area contributed by atoms with Crippen LogP contribution in [-0.4, -0.2) is 46.1 Å². The molecule has 2 atom stereocenters. The quantitative estimate of drug-likeness (QED) is 0.580. The first kappa shape index (κ1) is 22.4. The zero-order chi connectivity index (χ0) is 24.2.